The van der Waals surface area contributed by atoms with E-state index in [0.717, 1.165) is 0 Å². The Morgan fingerprint density at radius 3 is 2.46 bits per heavy atom. The van der Waals surface area contributed by atoms with Crippen molar-refractivity contribution in [2.45, 2.75) is 11.8 Å². The number of nitrogens with zero attached hydrogens (tertiary/aromatic N) is 1. The molecule has 1 aliphatic heterocycles. The summed E-state index contributed by atoms with van der Waals surface area (Å²) < 4.78 is 30.2. The molecule has 0 unspecified atom stereocenters. The van der Waals surface area contributed by atoms with Crippen LogP contribution in [0.5, 0.6) is 5.75 Å². The van der Waals surface area contributed by atoms with E-state index in [1.165, 1.54) is 30.3 Å². The van der Waals surface area contributed by atoms with E-state index in [1.807, 2.05) is 0 Å². The first kappa shape index (κ1) is 18.4. The van der Waals surface area contributed by atoms with Gasteiger partial charge >= 0.3 is 16.1 Å². The molecule has 0 atom stereocenters. The van der Waals surface area contributed by atoms with Crippen LogP contribution in [-0.4, -0.2) is 20.1 Å². The summed E-state index contributed by atoms with van der Waals surface area (Å²) >= 11 is 12.1. The Balaban J connectivity index is 2.09. The van der Waals surface area contributed by atoms with Gasteiger partial charge in [-0.25, -0.2) is 4.79 Å². The zero-order valence-electron chi connectivity index (χ0n) is 13.3. The van der Waals surface area contributed by atoms with Crippen LogP contribution in [0.3, 0.4) is 0 Å². The van der Waals surface area contributed by atoms with Gasteiger partial charge in [0.1, 0.15) is 4.90 Å². The number of oxime groups is 1. The van der Waals surface area contributed by atoms with Crippen LogP contribution in [0.2, 0.25) is 10.0 Å². The molecule has 0 spiro atoms. The van der Waals surface area contributed by atoms with Crippen LogP contribution < -0.4 is 4.18 Å². The molecule has 6 nitrogen and oxygen atoms in total. The third kappa shape index (κ3) is 3.75. The van der Waals surface area contributed by atoms with Crippen LogP contribution in [0.4, 0.5) is 0 Å². The highest BCUT2D eigenvalue weighted by atomic mass is 35.5. The lowest BCUT2D eigenvalue weighted by Gasteiger charge is -2.12. The summed E-state index contributed by atoms with van der Waals surface area (Å²) in [6.45, 7) is 1.57. The number of hydrogen-bond donors (Lipinski definition) is 0. The zero-order chi connectivity index (χ0) is 18.9. The van der Waals surface area contributed by atoms with Crippen molar-refractivity contribution in [1.29, 1.82) is 0 Å². The third-order valence-electron chi connectivity index (χ3n) is 3.44. The van der Waals surface area contributed by atoms with Crippen LogP contribution in [0.15, 0.2) is 58.1 Å². The SMILES string of the molecule is CC1=NOC(=O)/C1=C\c1cc(Cl)cc(Cl)c1OS(=O)(=O)c1ccccc1. The van der Waals surface area contributed by atoms with Crippen molar-refractivity contribution in [1.82, 2.24) is 0 Å². The smallest absolute Gasteiger partial charge is 0.367 e. The fourth-order valence-electron chi connectivity index (χ4n) is 2.20. The van der Waals surface area contributed by atoms with Gasteiger partial charge in [0, 0.05) is 10.6 Å². The second-order valence-corrected chi connectivity index (χ2v) is 7.66. The lowest BCUT2D eigenvalue weighted by atomic mass is 10.1. The topological polar surface area (TPSA) is 82.0 Å². The van der Waals surface area contributed by atoms with Crippen molar-refractivity contribution >= 4 is 51.1 Å². The zero-order valence-corrected chi connectivity index (χ0v) is 15.6. The molecule has 1 aliphatic rings. The van der Waals surface area contributed by atoms with E-state index in [1.54, 1.807) is 25.1 Å². The standard InChI is InChI=1S/C17H11Cl2NO5S/c1-10-14(17(21)24-20-10)8-11-7-12(18)9-15(19)16(11)25-26(22,23)13-5-3-2-4-6-13/h2-9H,1H3/b14-8-. The maximum atomic E-state index is 12.5. The molecular formula is C17H11Cl2NO5S. The molecule has 0 saturated carbocycles. The summed E-state index contributed by atoms with van der Waals surface area (Å²) in [5.74, 6) is -0.824. The van der Waals surface area contributed by atoms with Crippen LogP contribution in [0.25, 0.3) is 6.08 Å². The second kappa shape index (κ2) is 7.11. The normalized spacial score (nSPS) is 15.7. The van der Waals surface area contributed by atoms with Gasteiger partial charge in [-0.15, -0.1) is 0 Å². The number of carbonyl (C=O) groups is 1. The molecule has 0 saturated heterocycles. The Morgan fingerprint density at radius 2 is 1.85 bits per heavy atom. The maximum absolute atomic E-state index is 12.5. The number of benzene rings is 2. The molecular weight excluding hydrogens is 401 g/mol. The number of rotatable bonds is 4. The Kier molecular flexibility index (Phi) is 5.04. The largest absolute Gasteiger partial charge is 0.377 e. The van der Waals surface area contributed by atoms with E-state index in [2.05, 4.69) is 9.99 Å². The molecule has 3 rings (SSSR count). The summed E-state index contributed by atoms with van der Waals surface area (Å²) in [5, 5.41) is 3.78. The second-order valence-electron chi connectivity index (χ2n) is 5.27. The van der Waals surface area contributed by atoms with Crippen LogP contribution in [0.1, 0.15) is 12.5 Å². The highest BCUT2D eigenvalue weighted by molar-refractivity contribution is 7.87. The van der Waals surface area contributed by atoms with Crippen molar-refractivity contribution in [3.8, 4) is 5.75 Å². The summed E-state index contributed by atoms with van der Waals surface area (Å²) in [7, 11) is -4.14. The number of carbonyl (C=O) groups excluding carboxylic acids is 1. The molecule has 134 valence electrons. The van der Waals surface area contributed by atoms with Gasteiger partial charge in [-0.3, -0.25) is 0 Å². The van der Waals surface area contributed by atoms with Gasteiger partial charge in [0.25, 0.3) is 0 Å². The summed E-state index contributed by atoms with van der Waals surface area (Å²) in [6.07, 6.45) is 1.36. The van der Waals surface area contributed by atoms with E-state index in [-0.39, 0.29) is 31.8 Å². The summed E-state index contributed by atoms with van der Waals surface area (Å²) in [6, 6.07) is 10.4. The maximum Gasteiger partial charge on any atom is 0.367 e. The highest BCUT2D eigenvalue weighted by Gasteiger charge is 2.25. The molecule has 9 heteroatoms. The Labute approximate surface area is 159 Å². The van der Waals surface area contributed by atoms with Gasteiger partial charge in [-0.05, 0) is 37.3 Å². The van der Waals surface area contributed by atoms with Gasteiger partial charge in [0.05, 0.1) is 16.3 Å². The first-order valence-electron chi connectivity index (χ1n) is 7.24. The van der Waals surface area contributed by atoms with Gasteiger partial charge < -0.3 is 9.02 Å². The molecule has 0 amide bonds. The van der Waals surface area contributed by atoms with Gasteiger partial charge in [-0.2, -0.15) is 8.42 Å². The van der Waals surface area contributed by atoms with E-state index < -0.39 is 16.1 Å². The Hall–Kier alpha value is -2.35. The molecule has 0 aliphatic carbocycles. The van der Waals surface area contributed by atoms with Crippen molar-refractivity contribution in [2.24, 2.45) is 5.16 Å². The predicted octanol–water partition coefficient (Wildman–Crippen LogP) is 4.08. The number of halogens is 2. The van der Waals surface area contributed by atoms with E-state index in [4.69, 9.17) is 27.4 Å². The summed E-state index contributed by atoms with van der Waals surface area (Å²) in [5.41, 5.74) is 0.679. The highest BCUT2D eigenvalue weighted by Crippen LogP contribution is 2.36. The van der Waals surface area contributed by atoms with Crippen LogP contribution in [0, 0.1) is 0 Å². The van der Waals surface area contributed by atoms with Crippen molar-refractivity contribution in [3.63, 3.8) is 0 Å². The molecule has 2 aromatic rings. The first-order valence-corrected chi connectivity index (χ1v) is 9.41. The molecule has 0 aromatic heterocycles. The quantitative estimate of drug-likeness (QED) is 0.430. The molecule has 0 bridgehead atoms. The fraction of sp³-hybridized carbons (Fsp3) is 0.0588. The molecule has 26 heavy (non-hydrogen) atoms. The molecule has 0 radical (unpaired) electrons. The van der Waals surface area contributed by atoms with Gasteiger partial charge in [0.2, 0.25) is 0 Å². The van der Waals surface area contributed by atoms with Crippen molar-refractivity contribution in [2.75, 3.05) is 0 Å². The van der Waals surface area contributed by atoms with Crippen molar-refractivity contribution < 1.29 is 22.2 Å². The molecule has 2 aromatic carbocycles. The minimum Gasteiger partial charge on any atom is -0.377 e. The third-order valence-corrected chi connectivity index (χ3v) is 5.17. The summed E-state index contributed by atoms with van der Waals surface area (Å²) in [4.78, 5) is 16.3. The van der Waals surface area contributed by atoms with Gasteiger partial charge in [-0.1, -0.05) is 46.6 Å². The van der Waals surface area contributed by atoms with E-state index >= 15 is 0 Å². The minimum absolute atomic E-state index is 0.0233. The van der Waals surface area contributed by atoms with Crippen molar-refractivity contribution in [3.05, 3.63) is 63.6 Å². The molecule has 0 fully saturated rings. The lowest BCUT2D eigenvalue weighted by Crippen LogP contribution is -2.11. The first-order chi connectivity index (χ1) is 12.3. The fourth-order valence-corrected chi connectivity index (χ4v) is 3.78. The molecule has 1 heterocycles. The van der Waals surface area contributed by atoms with Gasteiger partial charge in [0.15, 0.2) is 5.75 Å². The Morgan fingerprint density at radius 1 is 1.15 bits per heavy atom. The van der Waals surface area contributed by atoms with E-state index in [0.29, 0.717) is 5.71 Å². The van der Waals surface area contributed by atoms with E-state index in [9.17, 15) is 13.2 Å². The van der Waals surface area contributed by atoms with Crippen LogP contribution in [-0.2, 0) is 19.8 Å². The van der Waals surface area contributed by atoms with Crippen LogP contribution >= 0.6 is 23.2 Å². The molecule has 0 N–H and O–H groups in total. The average molecular weight is 412 g/mol. The average Bonchev–Trinajstić information content (AvgIpc) is 2.91. The minimum atomic E-state index is -4.14. The predicted molar refractivity (Wildman–Crippen MR) is 97.9 cm³/mol. The lowest BCUT2D eigenvalue weighted by molar-refractivity contribution is -0.136. The Bertz CT molecular complexity index is 1050. The number of hydrogen-bond acceptors (Lipinski definition) is 6. The monoisotopic (exact) mass is 411 g/mol.